The Hall–Kier alpha value is -2.19. The fourth-order valence-electron chi connectivity index (χ4n) is 3.27. The maximum absolute atomic E-state index is 14.1. The number of aliphatic hydroxyl groups is 1. The van der Waals surface area contributed by atoms with Gasteiger partial charge in [0.25, 0.3) is 0 Å². The van der Waals surface area contributed by atoms with E-state index in [9.17, 15) is 14.3 Å². The molecule has 7 nitrogen and oxygen atoms in total. The number of aliphatic hydroxyl groups excluding tert-OH is 1. The number of hydrogen-bond acceptors (Lipinski definition) is 5. The molecule has 0 bridgehead atoms. The summed E-state index contributed by atoms with van der Waals surface area (Å²) in [5, 5.41) is 13.3. The summed E-state index contributed by atoms with van der Waals surface area (Å²) in [4.78, 5) is 22.3. The minimum absolute atomic E-state index is 0.166. The van der Waals surface area contributed by atoms with Crippen LogP contribution >= 0.6 is 11.6 Å². The van der Waals surface area contributed by atoms with Crippen molar-refractivity contribution in [1.82, 2.24) is 19.9 Å². The van der Waals surface area contributed by atoms with Crippen LogP contribution in [0.2, 0.25) is 5.02 Å². The zero-order valence-corrected chi connectivity index (χ0v) is 15.9. The van der Waals surface area contributed by atoms with Crippen LogP contribution in [-0.2, 0) is 17.8 Å². The van der Waals surface area contributed by atoms with Gasteiger partial charge in [-0.2, -0.15) is 0 Å². The van der Waals surface area contributed by atoms with Crippen molar-refractivity contribution in [2.24, 2.45) is 0 Å². The molecule has 0 spiro atoms. The van der Waals surface area contributed by atoms with Crippen LogP contribution in [0.25, 0.3) is 0 Å². The molecule has 1 saturated heterocycles. The molecule has 3 heterocycles. The quantitative estimate of drug-likeness (QED) is 0.779. The summed E-state index contributed by atoms with van der Waals surface area (Å²) in [5.41, 5.74) is 0. The Kier molecular flexibility index (Phi) is 6.28. The Labute approximate surface area is 162 Å². The molecule has 3 rings (SSSR count). The molecule has 2 N–H and O–H groups in total. The van der Waals surface area contributed by atoms with Gasteiger partial charge in [0.1, 0.15) is 5.82 Å². The minimum atomic E-state index is -0.681. The number of amides is 1. The zero-order chi connectivity index (χ0) is 19.4. The molecule has 9 heteroatoms. The number of rotatable bonds is 6. The molecule has 2 aromatic heterocycles. The van der Waals surface area contributed by atoms with Gasteiger partial charge in [0, 0.05) is 51.1 Å². The molecule has 2 aromatic rings. The highest BCUT2D eigenvalue weighted by Gasteiger charge is 2.30. The van der Waals surface area contributed by atoms with Crippen molar-refractivity contribution in [3.63, 3.8) is 0 Å². The Bertz CT molecular complexity index is 800. The van der Waals surface area contributed by atoms with Crippen LogP contribution in [0.4, 0.5) is 10.2 Å². The summed E-state index contributed by atoms with van der Waals surface area (Å²) in [6, 6.07) is 0.718. The number of halogens is 2. The number of piperidine rings is 1. The second-order valence-corrected chi connectivity index (χ2v) is 7.01. The highest BCUT2D eigenvalue weighted by molar-refractivity contribution is 6.30. The van der Waals surface area contributed by atoms with Gasteiger partial charge in [0.05, 0.1) is 17.2 Å². The van der Waals surface area contributed by atoms with E-state index in [1.807, 2.05) is 17.7 Å². The molecular weight excluding hydrogens is 373 g/mol. The maximum atomic E-state index is 14.1. The molecule has 1 fully saturated rings. The molecule has 1 amide bonds. The van der Waals surface area contributed by atoms with Crippen LogP contribution in [0.15, 0.2) is 24.7 Å². The largest absolute Gasteiger partial charge is 0.391 e. The average molecular weight is 396 g/mol. The Morgan fingerprint density at radius 1 is 1.48 bits per heavy atom. The van der Waals surface area contributed by atoms with E-state index in [0.29, 0.717) is 19.5 Å². The molecule has 2 atom stereocenters. The monoisotopic (exact) mass is 395 g/mol. The van der Waals surface area contributed by atoms with E-state index in [0.717, 1.165) is 12.2 Å². The Balaban J connectivity index is 1.58. The second-order valence-electron chi connectivity index (χ2n) is 6.58. The van der Waals surface area contributed by atoms with Crippen molar-refractivity contribution in [3.8, 4) is 0 Å². The molecule has 0 aliphatic carbocycles. The van der Waals surface area contributed by atoms with Gasteiger partial charge in [0.2, 0.25) is 5.91 Å². The Morgan fingerprint density at radius 3 is 3.04 bits per heavy atom. The molecular formula is C18H23ClFN5O2. The predicted molar refractivity (Wildman–Crippen MR) is 100 cm³/mol. The second kappa shape index (κ2) is 8.67. The van der Waals surface area contributed by atoms with E-state index < -0.39 is 18.0 Å². The number of imidazole rings is 1. The molecule has 0 saturated carbocycles. The van der Waals surface area contributed by atoms with Gasteiger partial charge >= 0.3 is 0 Å². The van der Waals surface area contributed by atoms with E-state index >= 15 is 0 Å². The molecule has 1 aliphatic rings. The van der Waals surface area contributed by atoms with Gasteiger partial charge in [0.15, 0.2) is 11.6 Å². The first-order chi connectivity index (χ1) is 13.0. The van der Waals surface area contributed by atoms with Crippen LogP contribution in [0.5, 0.6) is 0 Å². The maximum Gasteiger partial charge on any atom is 0.222 e. The summed E-state index contributed by atoms with van der Waals surface area (Å²) in [5.74, 6) is 0.421. The van der Waals surface area contributed by atoms with E-state index in [4.69, 9.17) is 11.6 Å². The smallest absolute Gasteiger partial charge is 0.222 e. The number of carbonyl (C=O) groups excluding carboxylic acids is 1. The molecule has 27 heavy (non-hydrogen) atoms. The lowest BCUT2D eigenvalue weighted by Gasteiger charge is -2.37. The van der Waals surface area contributed by atoms with Gasteiger partial charge < -0.3 is 19.9 Å². The van der Waals surface area contributed by atoms with Gasteiger partial charge in [-0.1, -0.05) is 18.5 Å². The third-order valence-corrected chi connectivity index (χ3v) is 4.92. The fourth-order valence-corrected chi connectivity index (χ4v) is 3.42. The minimum Gasteiger partial charge on any atom is -0.391 e. The first-order valence-electron chi connectivity index (χ1n) is 9.01. The first kappa shape index (κ1) is 19.6. The predicted octanol–water partition coefficient (Wildman–Crippen LogP) is 1.78. The lowest BCUT2D eigenvalue weighted by atomic mass is 10.0. The summed E-state index contributed by atoms with van der Waals surface area (Å²) < 4.78 is 16.1. The van der Waals surface area contributed by atoms with Crippen LogP contribution in [0.1, 0.15) is 25.6 Å². The molecule has 146 valence electrons. The topological polar surface area (TPSA) is 83.3 Å². The molecule has 1 aliphatic heterocycles. The normalized spacial score (nSPS) is 19.9. The van der Waals surface area contributed by atoms with Gasteiger partial charge in [-0.05, 0) is 12.5 Å². The van der Waals surface area contributed by atoms with Crippen molar-refractivity contribution >= 4 is 23.3 Å². The molecule has 0 radical (unpaired) electrons. The number of aryl methyl sites for hydroxylation is 2. The number of pyridine rings is 1. The summed E-state index contributed by atoms with van der Waals surface area (Å²) in [6.45, 7) is 3.27. The lowest BCUT2D eigenvalue weighted by molar-refractivity contribution is -0.123. The van der Waals surface area contributed by atoms with E-state index in [2.05, 4.69) is 15.3 Å². The summed E-state index contributed by atoms with van der Waals surface area (Å²) in [7, 11) is 0. The highest BCUT2D eigenvalue weighted by atomic mass is 35.5. The Morgan fingerprint density at radius 2 is 2.30 bits per heavy atom. The molecule has 0 aromatic carbocycles. The number of anilines is 1. The number of nitrogens with one attached hydrogen (secondary N) is 1. The summed E-state index contributed by atoms with van der Waals surface area (Å²) >= 11 is 5.75. The molecule has 0 unspecified atom stereocenters. The highest BCUT2D eigenvalue weighted by Crippen LogP contribution is 2.23. The van der Waals surface area contributed by atoms with Crippen molar-refractivity contribution in [2.45, 2.75) is 44.9 Å². The number of nitrogens with zero attached hydrogens (tertiary/aromatic N) is 4. The van der Waals surface area contributed by atoms with Crippen LogP contribution < -0.4 is 10.2 Å². The third kappa shape index (κ3) is 4.75. The average Bonchev–Trinajstić information content (AvgIpc) is 3.10. The van der Waals surface area contributed by atoms with E-state index in [1.165, 1.54) is 12.3 Å². The van der Waals surface area contributed by atoms with Crippen molar-refractivity contribution in [2.75, 3.05) is 18.0 Å². The first-order valence-corrected chi connectivity index (χ1v) is 9.39. The zero-order valence-electron chi connectivity index (χ0n) is 15.1. The number of carbonyl (C=O) groups is 1. The number of hydrogen-bond donors (Lipinski definition) is 2. The van der Waals surface area contributed by atoms with E-state index in [-0.39, 0.29) is 29.7 Å². The van der Waals surface area contributed by atoms with Crippen LogP contribution in [0, 0.1) is 5.82 Å². The number of aromatic nitrogens is 3. The SMILES string of the molecule is CCc1nccn1CCC(=O)N[C@@H]1CN(c2ncc(Cl)cc2F)CC[C@@H]1O. The van der Waals surface area contributed by atoms with Crippen molar-refractivity contribution in [1.29, 1.82) is 0 Å². The van der Waals surface area contributed by atoms with Crippen molar-refractivity contribution < 1.29 is 14.3 Å². The van der Waals surface area contributed by atoms with Gasteiger partial charge in [-0.3, -0.25) is 4.79 Å². The van der Waals surface area contributed by atoms with Crippen LogP contribution in [-0.4, -0.2) is 50.8 Å². The standard InChI is InChI=1S/C18H23ClFN5O2/c1-2-16-21-5-8-24(16)7-4-17(27)23-14-11-25(6-3-15(14)26)18-13(20)9-12(19)10-22-18/h5,8-10,14-15,26H,2-4,6-7,11H2,1H3,(H,23,27)/t14-,15+/m1/s1. The lowest BCUT2D eigenvalue weighted by Crippen LogP contribution is -2.55. The van der Waals surface area contributed by atoms with Gasteiger partial charge in [-0.15, -0.1) is 0 Å². The third-order valence-electron chi connectivity index (χ3n) is 4.71. The fraction of sp³-hybridized carbons (Fsp3) is 0.500. The van der Waals surface area contributed by atoms with Crippen LogP contribution in [0.3, 0.4) is 0 Å². The van der Waals surface area contributed by atoms with Gasteiger partial charge in [-0.25, -0.2) is 14.4 Å². The van der Waals surface area contributed by atoms with E-state index in [1.54, 1.807) is 11.1 Å². The summed E-state index contributed by atoms with van der Waals surface area (Å²) in [6.07, 6.45) is 5.75. The van der Waals surface area contributed by atoms with Crippen molar-refractivity contribution in [3.05, 3.63) is 41.3 Å².